The Labute approximate surface area is 178 Å². The molecular formula is C21H21N5O3S. The number of methoxy groups -OCH3 is 1. The Kier molecular flexibility index (Phi) is 7.29. The highest BCUT2D eigenvalue weighted by Gasteiger charge is 2.17. The van der Waals surface area contributed by atoms with Crippen LogP contribution in [0.5, 0.6) is 11.5 Å². The molecule has 0 atom stereocenters. The van der Waals surface area contributed by atoms with E-state index in [1.807, 2.05) is 66.1 Å². The third-order valence-electron chi connectivity index (χ3n) is 4.08. The van der Waals surface area contributed by atoms with Gasteiger partial charge in [0.1, 0.15) is 18.0 Å². The van der Waals surface area contributed by atoms with Crippen molar-refractivity contribution < 1.29 is 14.3 Å². The number of nitrogens with one attached hydrogen (secondary N) is 1. The van der Waals surface area contributed by atoms with Crippen LogP contribution >= 0.6 is 11.8 Å². The first-order chi connectivity index (χ1) is 14.7. The maximum Gasteiger partial charge on any atom is 0.231 e. The summed E-state index contributed by atoms with van der Waals surface area (Å²) in [5.41, 5.74) is 1.70. The van der Waals surface area contributed by atoms with E-state index in [4.69, 9.17) is 14.7 Å². The van der Waals surface area contributed by atoms with Crippen molar-refractivity contribution in [3.05, 3.63) is 48.5 Å². The van der Waals surface area contributed by atoms with E-state index < -0.39 is 0 Å². The van der Waals surface area contributed by atoms with Gasteiger partial charge in [0.2, 0.25) is 5.91 Å². The van der Waals surface area contributed by atoms with Crippen molar-refractivity contribution >= 4 is 17.7 Å². The third kappa shape index (κ3) is 5.10. The third-order valence-corrected chi connectivity index (χ3v) is 5.01. The molecule has 8 nitrogen and oxygen atoms in total. The minimum atomic E-state index is -0.242. The van der Waals surface area contributed by atoms with Crippen molar-refractivity contribution in [3.8, 4) is 34.6 Å². The first kappa shape index (κ1) is 21.2. The van der Waals surface area contributed by atoms with E-state index in [0.717, 1.165) is 22.7 Å². The van der Waals surface area contributed by atoms with Crippen molar-refractivity contribution in [2.24, 2.45) is 0 Å². The summed E-state index contributed by atoms with van der Waals surface area (Å²) in [7, 11) is 1.61. The lowest BCUT2D eigenvalue weighted by molar-refractivity contribution is -0.118. The van der Waals surface area contributed by atoms with Gasteiger partial charge in [-0.3, -0.25) is 9.36 Å². The van der Waals surface area contributed by atoms with Crippen LogP contribution in [0.3, 0.4) is 0 Å². The fourth-order valence-corrected chi connectivity index (χ4v) is 3.48. The maximum absolute atomic E-state index is 11.9. The molecule has 0 bridgehead atoms. The Morgan fingerprint density at radius 2 is 1.83 bits per heavy atom. The van der Waals surface area contributed by atoms with E-state index in [2.05, 4.69) is 15.5 Å². The van der Waals surface area contributed by atoms with Crippen molar-refractivity contribution in [3.63, 3.8) is 0 Å². The van der Waals surface area contributed by atoms with Crippen LogP contribution < -0.4 is 14.8 Å². The van der Waals surface area contributed by atoms with Crippen LogP contribution in [0.4, 0.5) is 0 Å². The first-order valence-corrected chi connectivity index (χ1v) is 10.2. The lowest BCUT2D eigenvalue weighted by atomic mass is 10.2. The lowest BCUT2D eigenvalue weighted by Crippen LogP contribution is -2.25. The number of nitriles is 1. The molecule has 9 heteroatoms. The molecule has 0 unspecified atom stereocenters. The number of thioether (sulfide) groups is 1. The molecular weight excluding hydrogens is 402 g/mol. The average molecular weight is 423 g/mol. The number of nitrogens with zero attached hydrogens (tertiary/aromatic N) is 4. The molecule has 1 N–H and O–H groups in total. The standard InChI is InChI=1S/C21H21N5O3S/c1-3-29-18-10-6-16(7-11-18)26-20(15-4-8-17(28-2)9-5-15)24-25-21(26)30-14-19(27)23-13-12-22/h4-11H,3,13-14H2,1-2H3,(H,23,27). The van der Waals surface area contributed by atoms with Gasteiger partial charge >= 0.3 is 0 Å². The molecule has 1 heterocycles. The highest BCUT2D eigenvalue weighted by molar-refractivity contribution is 7.99. The minimum absolute atomic E-state index is 0.0257. The molecule has 3 aromatic rings. The summed E-state index contributed by atoms with van der Waals surface area (Å²) in [6.45, 7) is 2.49. The van der Waals surface area contributed by atoms with Gasteiger partial charge in [-0.25, -0.2) is 0 Å². The second kappa shape index (κ2) is 10.3. The Morgan fingerprint density at radius 3 is 2.47 bits per heavy atom. The van der Waals surface area contributed by atoms with Crippen LogP contribution in [-0.2, 0) is 4.79 Å². The number of rotatable bonds is 9. The molecule has 0 fully saturated rings. The maximum atomic E-state index is 11.9. The fraction of sp³-hybridized carbons (Fsp3) is 0.238. The van der Waals surface area contributed by atoms with Crippen molar-refractivity contribution in [2.45, 2.75) is 12.1 Å². The number of benzene rings is 2. The molecule has 0 aliphatic heterocycles. The van der Waals surface area contributed by atoms with E-state index >= 15 is 0 Å². The SMILES string of the molecule is CCOc1ccc(-n2c(SCC(=O)NCC#N)nnc2-c2ccc(OC)cc2)cc1. The summed E-state index contributed by atoms with van der Waals surface area (Å²) in [4.78, 5) is 11.9. The molecule has 2 aromatic carbocycles. The van der Waals surface area contributed by atoms with Crippen LogP contribution in [-0.4, -0.2) is 46.7 Å². The van der Waals surface area contributed by atoms with Gasteiger partial charge in [0, 0.05) is 11.3 Å². The predicted octanol–water partition coefficient (Wildman–Crippen LogP) is 3.07. The molecule has 3 rings (SSSR count). The van der Waals surface area contributed by atoms with Crippen LogP contribution in [0.2, 0.25) is 0 Å². The lowest BCUT2D eigenvalue weighted by Gasteiger charge is -2.12. The van der Waals surface area contributed by atoms with Crippen LogP contribution in [0, 0.1) is 11.3 Å². The van der Waals surface area contributed by atoms with Gasteiger partial charge in [0.05, 0.1) is 25.5 Å². The van der Waals surface area contributed by atoms with E-state index in [1.54, 1.807) is 7.11 Å². The number of carbonyl (C=O) groups is 1. The summed E-state index contributed by atoms with van der Waals surface area (Å²) >= 11 is 1.25. The van der Waals surface area contributed by atoms with Crippen LogP contribution in [0.1, 0.15) is 6.92 Å². The number of carbonyl (C=O) groups excluding carboxylic acids is 1. The number of ether oxygens (including phenoxy) is 2. The molecule has 1 aromatic heterocycles. The van der Waals surface area contributed by atoms with Gasteiger partial charge in [-0.1, -0.05) is 11.8 Å². The molecule has 0 aliphatic rings. The zero-order valence-corrected chi connectivity index (χ0v) is 17.5. The molecule has 30 heavy (non-hydrogen) atoms. The summed E-state index contributed by atoms with van der Waals surface area (Å²) in [5, 5.41) is 20.3. The average Bonchev–Trinajstić information content (AvgIpc) is 3.21. The van der Waals surface area contributed by atoms with Gasteiger partial charge in [-0.05, 0) is 55.5 Å². The fourth-order valence-electron chi connectivity index (χ4n) is 2.70. The normalized spacial score (nSPS) is 10.3. The Balaban J connectivity index is 1.95. The molecule has 0 aliphatic carbocycles. The highest BCUT2D eigenvalue weighted by Crippen LogP contribution is 2.29. The second-order valence-corrected chi connectivity index (χ2v) is 6.96. The number of amides is 1. The van der Waals surface area contributed by atoms with Gasteiger partial charge < -0.3 is 14.8 Å². The summed E-state index contributed by atoms with van der Waals surface area (Å²) in [5.74, 6) is 2.04. The number of aromatic nitrogens is 3. The summed E-state index contributed by atoms with van der Waals surface area (Å²) in [6.07, 6.45) is 0. The minimum Gasteiger partial charge on any atom is -0.497 e. The van der Waals surface area contributed by atoms with Gasteiger partial charge in [0.25, 0.3) is 0 Å². The van der Waals surface area contributed by atoms with Gasteiger partial charge in [-0.15, -0.1) is 10.2 Å². The topological polar surface area (TPSA) is 102 Å². The molecule has 1 amide bonds. The summed E-state index contributed by atoms with van der Waals surface area (Å²) < 4.78 is 12.6. The Bertz CT molecular complexity index is 1030. The zero-order chi connectivity index (χ0) is 21.3. The summed E-state index contributed by atoms with van der Waals surface area (Å²) in [6, 6.07) is 17.0. The number of hydrogen-bond acceptors (Lipinski definition) is 7. The largest absolute Gasteiger partial charge is 0.497 e. The van der Waals surface area contributed by atoms with Gasteiger partial charge in [0.15, 0.2) is 11.0 Å². The van der Waals surface area contributed by atoms with E-state index in [0.29, 0.717) is 17.6 Å². The second-order valence-electron chi connectivity index (χ2n) is 6.02. The monoisotopic (exact) mass is 423 g/mol. The van der Waals surface area contributed by atoms with Crippen molar-refractivity contribution in [1.29, 1.82) is 5.26 Å². The van der Waals surface area contributed by atoms with Crippen LogP contribution in [0.25, 0.3) is 17.1 Å². The zero-order valence-electron chi connectivity index (χ0n) is 16.7. The number of hydrogen-bond donors (Lipinski definition) is 1. The Hall–Kier alpha value is -3.51. The first-order valence-electron chi connectivity index (χ1n) is 9.25. The molecule has 0 saturated carbocycles. The van der Waals surface area contributed by atoms with Gasteiger partial charge in [-0.2, -0.15) is 5.26 Å². The highest BCUT2D eigenvalue weighted by atomic mass is 32.2. The van der Waals surface area contributed by atoms with Crippen LogP contribution in [0.15, 0.2) is 53.7 Å². The van der Waals surface area contributed by atoms with E-state index in [-0.39, 0.29) is 18.2 Å². The quantitative estimate of drug-likeness (QED) is 0.417. The van der Waals surface area contributed by atoms with E-state index in [1.165, 1.54) is 11.8 Å². The van der Waals surface area contributed by atoms with Crippen molar-refractivity contribution in [1.82, 2.24) is 20.1 Å². The molecule has 0 saturated heterocycles. The Morgan fingerprint density at radius 1 is 1.13 bits per heavy atom. The smallest absolute Gasteiger partial charge is 0.231 e. The molecule has 0 spiro atoms. The predicted molar refractivity (Wildman–Crippen MR) is 114 cm³/mol. The van der Waals surface area contributed by atoms with Crippen molar-refractivity contribution in [2.75, 3.05) is 26.0 Å². The molecule has 0 radical (unpaired) electrons. The van der Waals surface area contributed by atoms with E-state index in [9.17, 15) is 4.79 Å². The molecule has 154 valence electrons.